The Morgan fingerprint density at radius 3 is 2.62 bits per heavy atom. The average Bonchev–Trinajstić information content (AvgIpc) is 2.75. The molecule has 3 rings (SSSR count). The molecule has 0 spiro atoms. The molecule has 7 heteroatoms. The zero-order chi connectivity index (χ0) is 21.0. The summed E-state index contributed by atoms with van der Waals surface area (Å²) in [6.45, 7) is 3.45. The number of benzene rings is 2. The molecule has 0 unspecified atom stereocenters. The molecule has 0 atom stereocenters. The van der Waals surface area contributed by atoms with Crippen molar-refractivity contribution in [3.05, 3.63) is 64.2 Å². The molecule has 2 aromatic carbocycles. The second-order valence-electron chi connectivity index (χ2n) is 7.34. The molecule has 29 heavy (non-hydrogen) atoms. The summed E-state index contributed by atoms with van der Waals surface area (Å²) in [7, 11) is 1.31. The van der Waals surface area contributed by atoms with Crippen LogP contribution in [0.1, 0.15) is 56.2 Å². The highest BCUT2D eigenvalue weighted by Crippen LogP contribution is 2.30. The summed E-state index contributed by atoms with van der Waals surface area (Å²) in [6, 6.07) is 11.3. The molecule has 4 N–H and O–H groups in total. The number of likely N-dealkylation sites (tertiary alicyclic amines) is 1. The molecule has 0 saturated carbocycles. The van der Waals surface area contributed by atoms with Gasteiger partial charge in [-0.15, -0.1) is 0 Å². The maximum atomic E-state index is 13.0. The monoisotopic (exact) mass is 397 g/mol. The zero-order valence-corrected chi connectivity index (χ0v) is 16.8. The van der Waals surface area contributed by atoms with Gasteiger partial charge >= 0.3 is 0 Å². The third kappa shape index (κ3) is 4.58. The van der Waals surface area contributed by atoms with Gasteiger partial charge in [0, 0.05) is 25.2 Å². The van der Waals surface area contributed by atoms with E-state index in [2.05, 4.69) is 22.5 Å². The first-order valence-corrected chi connectivity index (χ1v) is 9.69. The Morgan fingerprint density at radius 2 is 1.97 bits per heavy atom. The first kappa shape index (κ1) is 20.8. The molecule has 0 radical (unpaired) electrons. The predicted octanol–water partition coefficient (Wildman–Crippen LogP) is 2.47. The highest BCUT2D eigenvalue weighted by molar-refractivity contribution is 6.01. The number of carbonyl (C=O) groups is 2. The van der Waals surface area contributed by atoms with E-state index in [1.54, 1.807) is 17.9 Å². The van der Waals surface area contributed by atoms with Crippen LogP contribution in [-0.2, 0) is 11.4 Å². The van der Waals surface area contributed by atoms with Gasteiger partial charge in [-0.05, 0) is 54.5 Å². The van der Waals surface area contributed by atoms with E-state index in [0.29, 0.717) is 36.7 Å². The normalized spacial score (nSPS) is 14.7. The summed E-state index contributed by atoms with van der Waals surface area (Å²) in [5.41, 5.74) is 11.2. The lowest BCUT2D eigenvalue weighted by Gasteiger charge is -2.32. The van der Waals surface area contributed by atoms with Crippen LogP contribution in [0.4, 0.5) is 0 Å². The third-order valence-corrected chi connectivity index (χ3v) is 5.43. The number of nitrogens with zero attached hydrogens (tertiary/aromatic N) is 1. The third-order valence-electron chi connectivity index (χ3n) is 5.43. The fourth-order valence-corrected chi connectivity index (χ4v) is 3.80. The number of rotatable bonds is 5. The number of piperidine rings is 1. The highest BCUT2D eigenvalue weighted by atomic mass is 16.6. The summed E-state index contributed by atoms with van der Waals surface area (Å²) in [6.07, 6.45) is 1.74. The van der Waals surface area contributed by atoms with Gasteiger partial charge in [-0.1, -0.05) is 24.3 Å². The second-order valence-corrected chi connectivity index (χ2v) is 7.34. The first-order chi connectivity index (χ1) is 13.9. The van der Waals surface area contributed by atoms with Crippen molar-refractivity contribution in [2.45, 2.75) is 32.2 Å². The maximum Gasteiger partial charge on any atom is 0.278 e. The van der Waals surface area contributed by atoms with Crippen LogP contribution in [0.3, 0.4) is 0 Å². The minimum atomic E-state index is -0.596. The SMILES string of the molecule is CONC(=O)c1cc(C(=O)N2CCC(c3cccc(CN)c3)CC2)cc(C)c1O. The molecule has 0 bridgehead atoms. The summed E-state index contributed by atoms with van der Waals surface area (Å²) >= 11 is 0. The molecule has 1 aliphatic rings. The lowest BCUT2D eigenvalue weighted by molar-refractivity contribution is 0.0535. The van der Waals surface area contributed by atoms with E-state index < -0.39 is 5.91 Å². The highest BCUT2D eigenvalue weighted by Gasteiger charge is 2.26. The van der Waals surface area contributed by atoms with Crippen molar-refractivity contribution in [2.24, 2.45) is 5.73 Å². The molecule has 1 saturated heterocycles. The fraction of sp³-hybridized carbons (Fsp3) is 0.364. The van der Waals surface area contributed by atoms with E-state index in [4.69, 9.17) is 5.73 Å². The van der Waals surface area contributed by atoms with Gasteiger partial charge in [0.25, 0.3) is 11.8 Å². The standard InChI is InChI=1S/C22H27N3O4/c1-14-10-18(12-19(20(14)26)21(27)24-29-2)22(28)25-8-6-16(7-9-25)17-5-3-4-15(11-17)13-23/h3-5,10-12,16,26H,6-9,13,23H2,1-2H3,(H,24,27). The van der Waals surface area contributed by atoms with Gasteiger partial charge in [-0.25, -0.2) is 5.48 Å². The van der Waals surface area contributed by atoms with Crippen LogP contribution in [0, 0.1) is 6.92 Å². The largest absolute Gasteiger partial charge is 0.507 e. The molecule has 2 aromatic rings. The van der Waals surface area contributed by atoms with Gasteiger partial charge in [0.2, 0.25) is 0 Å². The predicted molar refractivity (Wildman–Crippen MR) is 110 cm³/mol. The Hall–Kier alpha value is -2.90. The van der Waals surface area contributed by atoms with Crippen LogP contribution in [0.5, 0.6) is 5.75 Å². The zero-order valence-electron chi connectivity index (χ0n) is 16.8. The second kappa shape index (κ2) is 9.07. The summed E-state index contributed by atoms with van der Waals surface area (Å²) in [5, 5.41) is 10.2. The van der Waals surface area contributed by atoms with Crippen molar-refractivity contribution in [3.63, 3.8) is 0 Å². The van der Waals surface area contributed by atoms with Crippen LogP contribution in [0.15, 0.2) is 36.4 Å². The number of carbonyl (C=O) groups excluding carboxylic acids is 2. The Morgan fingerprint density at radius 1 is 1.24 bits per heavy atom. The molecule has 1 fully saturated rings. The number of hydrogen-bond acceptors (Lipinski definition) is 5. The van der Waals surface area contributed by atoms with E-state index in [1.165, 1.54) is 18.7 Å². The van der Waals surface area contributed by atoms with Crippen LogP contribution in [0.25, 0.3) is 0 Å². The Bertz CT molecular complexity index is 905. The quantitative estimate of drug-likeness (QED) is 0.672. The summed E-state index contributed by atoms with van der Waals surface area (Å²) in [5.74, 6) is -0.500. The van der Waals surface area contributed by atoms with Crippen molar-refractivity contribution in [1.29, 1.82) is 0 Å². The van der Waals surface area contributed by atoms with Crippen molar-refractivity contribution in [2.75, 3.05) is 20.2 Å². The molecule has 154 valence electrons. The summed E-state index contributed by atoms with van der Waals surface area (Å²) in [4.78, 5) is 31.5. The van der Waals surface area contributed by atoms with E-state index >= 15 is 0 Å². The van der Waals surface area contributed by atoms with Crippen LogP contribution < -0.4 is 11.2 Å². The first-order valence-electron chi connectivity index (χ1n) is 9.69. The molecule has 7 nitrogen and oxygen atoms in total. The minimum Gasteiger partial charge on any atom is -0.507 e. The van der Waals surface area contributed by atoms with E-state index in [0.717, 1.165) is 18.4 Å². The van der Waals surface area contributed by atoms with Gasteiger partial charge < -0.3 is 15.7 Å². The number of hydrogen-bond donors (Lipinski definition) is 3. The Labute approximate surface area is 170 Å². The van der Waals surface area contributed by atoms with Gasteiger partial charge in [0.1, 0.15) is 5.75 Å². The van der Waals surface area contributed by atoms with Crippen LogP contribution in [0.2, 0.25) is 0 Å². The number of phenolic OH excluding ortho intramolecular Hbond substituents is 1. The number of nitrogens with two attached hydrogens (primary N) is 1. The number of hydroxylamine groups is 1. The number of aromatic hydroxyl groups is 1. The minimum absolute atomic E-state index is 0.0173. The number of amides is 2. The van der Waals surface area contributed by atoms with Gasteiger partial charge in [0.05, 0.1) is 12.7 Å². The molecule has 0 aromatic heterocycles. The maximum absolute atomic E-state index is 13.0. The van der Waals surface area contributed by atoms with Gasteiger partial charge in [-0.3, -0.25) is 14.4 Å². The molecule has 2 amide bonds. The van der Waals surface area contributed by atoms with Gasteiger partial charge in [-0.2, -0.15) is 0 Å². The van der Waals surface area contributed by atoms with E-state index in [1.807, 2.05) is 12.1 Å². The smallest absolute Gasteiger partial charge is 0.278 e. The Kier molecular flexibility index (Phi) is 6.51. The number of aryl methyl sites for hydroxylation is 1. The fourth-order valence-electron chi connectivity index (χ4n) is 3.80. The number of phenols is 1. The lowest BCUT2D eigenvalue weighted by atomic mass is 9.88. The van der Waals surface area contributed by atoms with Crippen molar-refractivity contribution >= 4 is 11.8 Å². The van der Waals surface area contributed by atoms with Crippen molar-refractivity contribution < 1.29 is 19.5 Å². The molecular formula is C22H27N3O4. The number of nitrogens with one attached hydrogen (secondary N) is 1. The molecular weight excluding hydrogens is 370 g/mol. The topological polar surface area (TPSA) is 105 Å². The van der Waals surface area contributed by atoms with Crippen LogP contribution in [-0.4, -0.2) is 42.0 Å². The van der Waals surface area contributed by atoms with Crippen molar-refractivity contribution in [1.82, 2.24) is 10.4 Å². The lowest BCUT2D eigenvalue weighted by Crippen LogP contribution is -2.38. The Balaban J connectivity index is 1.73. The van der Waals surface area contributed by atoms with E-state index in [-0.39, 0.29) is 17.2 Å². The van der Waals surface area contributed by atoms with Gasteiger partial charge in [0.15, 0.2) is 0 Å². The molecule has 1 heterocycles. The van der Waals surface area contributed by atoms with Crippen LogP contribution >= 0.6 is 0 Å². The average molecular weight is 397 g/mol. The summed E-state index contributed by atoms with van der Waals surface area (Å²) < 4.78 is 0. The molecule has 0 aliphatic carbocycles. The van der Waals surface area contributed by atoms with Crippen molar-refractivity contribution in [3.8, 4) is 5.75 Å². The van der Waals surface area contributed by atoms with E-state index in [9.17, 15) is 14.7 Å². The molecule has 1 aliphatic heterocycles.